The molecule has 0 unspecified atom stereocenters. The molecule has 8 aromatic heterocycles. The van der Waals surface area contributed by atoms with Crippen LogP contribution < -0.4 is 19.4 Å². The van der Waals surface area contributed by atoms with Gasteiger partial charge in [-0.2, -0.15) is 0 Å². The number of Topliss-reactive ketones (excluding diaryl/α,β-unsaturated/α-hetero) is 1. The smallest absolute Gasteiger partial charge is 0.455 e. The Morgan fingerprint density at radius 1 is 0.560 bits per heavy atom. The van der Waals surface area contributed by atoms with Gasteiger partial charge in [-0.3, -0.25) is 27.0 Å². The topological polar surface area (TPSA) is 226 Å². The third-order valence-electron chi connectivity index (χ3n) is 18.0. The highest BCUT2D eigenvalue weighted by Crippen LogP contribution is 2.44. The lowest BCUT2D eigenvalue weighted by Crippen LogP contribution is -2.41. The standard InChI is InChI=1S/C32H22F3N5O4S.C25H28BF2NO6S.C14H7ClFN3/c1-36-32(41)29-20-12-19(23-9-10-24-30(38-23)27-13-18-21(34)5-4-6-25(18)40(27)15-37-24)26(39(2)45(3,42)43)14-28(20)44-31(29)17-8-7-16(33)11-22(17)35;1-8-20(30)22-16-12-17(26-34-24(2,3)25(4,5)35-26)19(29(6)36(7,31)32)13-21(16)33-23(22)15-10-9-14(27)11-18(15)28;15-13-5-4-10-14(18-13)12-6-8-9(16)2-1-3-11(8)19(12)7-17-10/h4-15H,1-3H3,(H,36,41);9-13H,8H2,1-7H3;1-7H. The van der Waals surface area contributed by atoms with Gasteiger partial charge in [0.05, 0.1) is 96.1 Å². The Balaban J connectivity index is 0.000000145. The number of sulfonamides is 2. The fourth-order valence-corrected chi connectivity index (χ4v) is 13.1. The van der Waals surface area contributed by atoms with Crippen LogP contribution in [-0.4, -0.2) is 109 Å². The maximum atomic E-state index is 14.9. The Labute approximate surface area is 571 Å². The lowest BCUT2D eigenvalue weighted by molar-refractivity contribution is 0.00578. The SMILES string of the molecule is CCC(=O)c1c(-c2ccc(F)cc2F)oc2cc(N(C)S(C)(=O)=O)c(B3OC(C)(C)C(C)(C)O3)cc12.CNC(=O)c1c(-c2ccc(F)cc2F)oc2cc(N(C)S(C)(=O)=O)c(-c3ccc4ncn5c6cccc(F)c6cc5c4n3)cc12.Fc1cccc2c1cc1c3nc(Cl)ccc3ncn21. The minimum Gasteiger partial charge on any atom is -0.455 e. The van der Waals surface area contributed by atoms with E-state index in [-0.39, 0.29) is 79.7 Å². The minimum atomic E-state index is -3.82. The highest BCUT2D eigenvalue weighted by Gasteiger charge is 2.53. The van der Waals surface area contributed by atoms with Crippen LogP contribution in [0.4, 0.5) is 37.7 Å². The summed E-state index contributed by atoms with van der Waals surface area (Å²) in [6, 6.07) is 31.9. The summed E-state index contributed by atoms with van der Waals surface area (Å²) in [6.45, 7) is 9.12. The van der Waals surface area contributed by atoms with Crippen molar-refractivity contribution in [3.05, 3.63) is 197 Å². The van der Waals surface area contributed by atoms with Gasteiger partial charge in [0.1, 0.15) is 80.7 Å². The molecule has 1 aliphatic heterocycles. The van der Waals surface area contributed by atoms with Crippen molar-refractivity contribution >= 4 is 144 Å². The largest absolute Gasteiger partial charge is 0.497 e. The van der Waals surface area contributed by atoms with E-state index >= 15 is 0 Å². The Bertz CT molecular complexity index is 6010. The van der Waals surface area contributed by atoms with Crippen LogP contribution in [-0.2, 0) is 29.4 Å². The van der Waals surface area contributed by atoms with E-state index in [1.807, 2.05) is 38.2 Å². The summed E-state index contributed by atoms with van der Waals surface area (Å²) in [6.07, 6.45) is 5.43. The molecule has 1 N–H and O–H groups in total. The average molecular weight is 1420 g/mol. The number of aromatic nitrogens is 6. The minimum absolute atomic E-state index is 0.0361. The van der Waals surface area contributed by atoms with E-state index < -0.39 is 73.4 Å². The van der Waals surface area contributed by atoms with Crippen molar-refractivity contribution in [3.8, 4) is 33.9 Å². The van der Waals surface area contributed by atoms with Crippen LogP contribution in [0.5, 0.6) is 0 Å². The number of fused-ring (bicyclic) bond motifs is 12. The number of rotatable bonds is 11. The van der Waals surface area contributed by atoms with Crippen molar-refractivity contribution in [1.82, 2.24) is 34.1 Å². The first-order valence-corrected chi connectivity index (χ1v) is 34.8. The summed E-state index contributed by atoms with van der Waals surface area (Å²) in [5, 5.41) is 4.44. The number of nitrogens with zero attached hydrogens (tertiary/aromatic N) is 8. The van der Waals surface area contributed by atoms with Crippen molar-refractivity contribution in [1.29, 1.82) is 0 Å². The van der Waals surface area contributed by atoms with Gasteiger partial charge >= 0.3 is 7.12 Å². The zero-order chi connectivity index (χ0) is 71.6. The normalized spacial score (nSPS) is 13.8. The summed E-state index contributed by atoms with van der Waals surface area (Å²) in [4.78, 5) is 44.2. The van der Waals surface area contributed by atoms with Gasteiger partial charge < -0.3 is 23.5 Å². The molecule has 0 bridgehead atoms. The molecule has 6 aromatic carbocycles. The summed E-state index contributed by atoms with van der Waals surface area (Å²) in [5.74, 6) is -5.23. The van der Waals surface area contributed by atoms with Gasteiger partial charge in [-0.25, -0.2) is 63.1 Å². The fraction of sp³-hybridized carbons (Fsp3) is 0.183. The quantitative estimate of drug-likeness (QED) is 0.0550. The second-order valence-corrected chi connectivity index (χ2v) is 29.2. The number of carbonyl (C=O) groups is 2. The summed E-state index contributed by atoms with van der Waals surface area (Å²) < 4.78 is 166. The van der Waals surface area contributed by atoms with Crippen molar-refractivity contribution in [2.24, 2.45) is 0 Å². The summed E-state index contributed by atoms with van der Waals surface area (Å²) in [7, 11) is -4.35. The maximum Gasteiger partial charge on any atom is 0.497 e. The molecule has 29 heteroatoms. The number of anilines is 2. The number of halogens is 7. The number of pyridine rings is 2. The highest BCUT2D eigenvalue weighted by atomic mass is 35.5. The molecule has 15 rings (SSSR count). The molecular formula is C71H57BClF6N9O10S2. The van der Waals surface area contributed by atoms with E-state index in [1.54, 1.807) is 90.7 Å². The van der Waals surface area contributed by atoms with Crippen LogP contribution in [0.3, 0.4) is 0 Å². The van der Waals surface area contributed by atoms with Crippen LogP contribution in [0, 0.1) is 34.9 Å². The second kappa shape index (κ2) is 25.1. The molecule has 0 atom stereocenters. The lowest BCUT2D eigenvalue weighted by atomic mass is 9.76. The van der Waals surface area contributed by atoms with E-state index in [0.717, 1.165) is 55.9 Å². The van der Waals surface area contributed by atoms with E-state index in [4.69, 9.17) is 34.7 Å². The Kier molecular flexibility index (Phi) is 17.1. The van der Waals surface area contributed by atoms with Crippen LogP contribution in [0.1, 0.15) is 61.8 Å². The van der Waals surface area contributed by atoms with Gasteiger partial charge in [0.15, 0.2) is 11.5 Å². The number of ketones is 1. The molecule has 1 aliphatic rings. The summed E-state index contributed by atoms with van der Waals surface area (Å²) in [5.41, 5.74) is 5.10. The molecule has 510 valence electrons. The van der Waals surface area contributed by atoms with Gasteiger partial charge in [-0.05, 0) is 125 Å². The molecule has 0 saturated carbocycles. The summed E-state index contributed by atoms with van der Waals surface area (Å²) >= 11 is 5.93. The number of hydrogen-bond acceptors (Lipinski definition) is 14. The third-order valence-corrected chi connectivity index (χ3v) is 20.6. The maximum absolute atomic E-state index is 14.9. The van der Waals surface area contributed by atoms with Crippen molar-refractivity contribution in [3.63, 3.8) is 0 Å². The molecule has 19 nitrogen and oxygen atoms in total. The molecule has 9 heterocycles. The predicted octanol–water partition coefficient (Wildman–Crippen LogP) is 14.8. The fourth-order valence-electron chi connectivity index (χ4n) is 12.0. The first kappa shape index (κ1) is 68.2. The van der Waals surface area contributed by atoms with Crippen molar-refractivity contribution in [2.75, 3.05) is 42.3 Å². The van der Waals surface area contributed by atoms with E-state index in [0.29, 0.717) is 77.7 Å². The predicted molar refractivity (Wildman–Crippen MR) is 373 cm³/mol. The zero-order valence-electron chi connectivity index (χ0n) is 54.8. The zero-order valence-corrected chi connectivity index (χ0v) is 57.2. The number of nitrogens with one attached hydrogen (secondary N) is 1. The number of benzene rings is 6. The molecule has 0 aliphatic carbocycles. The van der Waals surface area contributed by atoms with E-state index in [9.17, 15) is 52.8 Å². The van der Waals surface area contributed by atoms with Crippen LogP contribution in [0.2, 0.25) is 5.15 Å². The monoisotopic (exact) mass is 1420 g/mol. The number of amides is 1. The van der Waals surface area contributed by atoms with Crippen LogP contribution >= 0.6 is 11.6 Å². The Morgan fingerprint density at radius 3 is 1.54 bits per heavy atom. The van der Waals surface area contributed by atoms with Crippen LogP contribution in [0.25, 0.3) is 111 Å². The molecule has 0 spiro atoms. The molecule has 1 saturated heterocycles. The average Bonchev–Trinajstić information content (AvgIpc) is 1.57. The number of hydrogen-bond donors (Lipinski definition) is 1. The second-order valence-electron chi connectivity index (χ2n) is 24.7. The van der Waals surface area contributed by atoms with E-state index in [2.05, 4.69) is 20.3 Å². The van der Waals surface area contributed by atoms with E-state index in [1.165, 1.54) is 51.5 Å². The number of carbonyl (C=O) groups excluding carboxylic acids is 2. The molecule has 1 fully saturated rings. The number of furan rings is 2. The van der Waals surface area contributed by atoms with Gasteiger partial charge in [-0.1, -0.05) is 30.7 Å². The first-order valence-electron chi connectivity index (χ1n) is 30.7. The molecule has 1 amide bonds. The Morgan fingerprint density at radius 2 is 1.04 bits per heavy atom. The van der Waals surface area contributed by atoms with Gasteiger partial charge in [0.25, 0.3) is 5.91 Å². The third kappa shape index (κ3) is 11.9. The van der Waals surface area contributed by atoms with Crippen molar-refractivity contribution in [2.45, 2.75) is 52.2 Å². The van der Waals surface area contributed by atoms with Crippen molar-refractivity contribution < 1.29 is 70.9 Å². The van der Waals surface area contributed by atoms with Gasteiger partial charge in [0, 0.05) is 84.4 Å². The lowest BCUT2D eigenvalue weighted by Gasteiger charge is -2.32. The van der Waals surface area contributed by atoms with Gasteiger partial charge in [-0.15, -0.1) is 0 Å². The molecule has 14 aromatic rings. The Hall–Kier alpha value is -10.4. The molecule has 100 heavy (non-hydrogen) atoms. The molecule has 0 radical (unpaired) electrons. The first-order chi connectivity index (χ1) is 47.3. The highest BCUT2D eigenvalue weighted by molar-refractivity contribution is 7.92. The van der Waals surface area contributed by atoms with Crippen LogP contribution in [0.15, 0.2) is 155 Å². The van der Waals surface area contributed by atoms with Gasteiger partial charge in [0.2, 0.25) is 20.0 Å². The molecular weight excluding hydrogens is 1360 g/mol.